The van der Waals surface area contributed by atoms with Crippen LogP contribution in [0.4, 0.5) is 4.39 Å². The van der Waals surface area contributed by atoms with E-state index in [1.807, 2.05) is 31.8 Å². The van der Waals surface area contributed by atoms with E-state index in [1.54, 1.807) is 6.07 Å². The molecule has 1 aromatic carbocycles. The van der Waals surface area contributed by atoms with Gasteiger partial charge in [-0.1, -0.05) is 19.9 Å². The zero-order chi connectivity index (χ0) is 12.8. The Labute approximate surface area is 108 Å². The summed E-state index contributed by atoms with van der Waals surface area (Å²) in [7, 11) is 1.97. The van der Waals surface area contributed by atoms with Crippen molar-refractivity contribution in [3.63, 3.8) is 0 Å². The van der Waals surface area contributed by atoms with Gasteiger partial charge in [0.05, 0.1) is 0 Å². The second kappa shape index (κ2) is 7.02. The van der Waals surface area contributed by atoms with Gasteiger partial charge in [-0.15, -0.1) is 0 Å². The Hall–Kier alpha value is -0.540. The van der Waals surface area contributed by atoms with E-state index in [4.69, 9.17) is 0 Å². The molecule has 1 atom stereocenters. The molecule has 0 radical (unpaired) electrons. The number of rotatable bonds is 6. The van der Waals surface area contributed by atoms with Crippen molar-refractivity contribution in [3.8, 4) is 0 Å². The van der Waals surface area contributed by atoms with E-state index in [1.165, 1.54) is 11.6 Å². The molecule has 0 saturated carbocycles. The van der Waals surface area contributed by atoms with Gasteiger partial charge in [0.25, 0.3) is 0 Å². The summed E-state index contributed by atoms with van der Waals surface area (Å²) in [5.41, 5.74) is 2.27. The molecule has 1 unspecified atom stereocenters. The largest absolute Gasteiger partial charge is 0.316 e. The zero-order valence-corrected chi connectivity index (χ0v) is 11.9. The summed E-state index contributed by atoms with van der Waals surface area (Å²) < 4.78 is 13.2. The first kappa shape index (κ1) is 14.5. The lowest BCUT2D eigenvalue weighted by Crippen LogP contribution is -2.30. The van der Waals surface area contributed by atoms with Gasteiger partial charge < -0.3 is 5.32 Å². The van der Waals surface area contributed by atoms with Gasteiger partial charge in [0.1, 0.15) is 5.82 Å². The lowest BCUT2D eigenvalue weighted by molar-refractivity contribution is 0.600. The Bertz CT molecular complexity index is 352. The van der Waals surface area contributed by atoms with Crippen LogP contribution < -0.4 is 5.32 Å². The standard InChI is InChI=1S/C14H22FNS/c1-10(2)17-9-14(16-4)8-12-7-13(15)6-5-11(12)3/h5-7,10,14,16H,8-9H2,1-4H3. The maximum absolute atomic E-state index is 13.2. The van der Waals surface area contributed by atoms with Crippen LogP contribution in [0.25, 0.3) is 0 Å². The SMILES string of the molecule is CNC(CSC(C)C)Cc1cc(F)ccc1C. The molecule has 0 spiro atoms. The summed E-state index contributed by atoms with van der Waals surface area (Å²) in [6, 6.07) is 5.44. The molecular formula is C14H22FNS. The maximum Gasteiger partial charge on any atom is 0.123 e. The number of likely N-dealkylation sites (N-methyl/N-ethyl adjacent to an activating group) is 1. The van der Waals surface area contributed by atoms with Crippen molar-refractivity contribution in [1.29, 1.82) is 0 Å². The first-order chi connectivity index (χ1) is 8.02. The first-order valence-electron chi connectivity index (χ1n) is 6.06. The Kier molecular flexibility index (Phi) is 6.00. The van der Waals surface area contributed by atoms with E-state index < -0.39 is 0 Å². The third-order valence-corrected chi connectivity index (χ3v) is 4.08. The van der Waals surface area contributed by atoms with Crippen molar-refractivity contribution in [2.75, 3.05) is 12.8 Å². The van der Waals surface area contributed by atoms with Gasteiger partial charge in [-0.25, -0.2) is 4.39 Å². The van der Waals surface area contributed by atoms with Crippen LogP contribution in [0.5, 0.6) is 0 Å². The molecule has 1 nitrogen and oxygen atoms in total. The predicted octanol–water partition coefficient (Wildman–Crippen LogP) is 3.41. The van der Waals surface area contributed by atoms with Crippen LogP contribution in [0, 0.1) is 12.7 Å². The fraction of sp³-hybridized carbons (Fsp3) is 0.571. The Morgan fingerprint density at radius 1 is 1.35 bits per heavy atom. The highest BCUT2D eigenvalue weighted by molar-refractivity contribution is 7.99. The molecular weight excluding hydrogens is 233 g/mol. The van der Waals surface area contributed by atoms with Crippen LogP contribution >= 0.6 is 11.8 Å². The van der Waals surface area contributed by atoms with E-state index in [9.17, 15) is 4.39 Å². The molecule has 0 heterocycles. The number of nitrogens with one attached hydrogen (secondary N) is 1. The van der Waals surface area contributed by atoms with Gasteiger partial charge in [-0.3, -0.25) is 0 Å². The molecule has 1 aromatic rings. The normalized spacial score (nSPS) is 13.1. The van der Waals surface area contributed by atoms with Crippen molar-refractivity contribution in [1.82, 2.24) is 5.32 Å². The summed E-state index contributed by atoms with van der Waals surface area (Å²) in [5.74, 6) is 0.918. The second-order valence-electron chi connectivity index (χ2n) is 4.64. The van der Waals surface area contributed by atoms with Gasteiger partial charge >= 0.3 is 0 Å². The van der Waals surface area contributed by atoms with E-state index in [0.29, 0.717) is 11.3 Å². The molecule has 1 rings (SSSR count). The fourth-order valence-electron chi connectivity index (χ4n) is 1.68. The molecule has 1 N–H and O–H groups in total. The molecule has 0 saturated heterocycles. The molecule has 0 aliphatic heterocycles. The van der Waals surface area contributed by atoms with Gasteiger partial charge in [-0.2, -0.15) is 11.8 Å². The molecule has 0 fully saturated rings. The molecule has 3 heteroatoms. The highest BCUT2D eigenvalue weighted by atomic mass is 32.2. The van der Waals surface area contributed by atoms with Crippen LogP contribution in [0.1, 0.15) is 25.0 Å². The number of halogens is 1. The highest BCUT2D eigenvalue weighted by Crippen LogP contribution is 2.16. The Balaban J connectivity index is 2.63. The molecule has 0 bridgehead atoms. The molecule has 0 aliphatic rings. The summed E-state index contributed by atoms with van der Waals surface area (Å²) in [6.45, 7) is 6.44. The minimum Gasteiger partial charge on any atom is -0.316 e. The topological polar surface area (TPSA) is 12.0 Å². The summed E-state index contributed by atoms with van der Waals surface area (Å²) >= 11 is 1.94. The molecule has 0 aromatic heterocycles. The Morgan fingerprint density at radius 2 is 2.06 bits per heavy atom. The first-order valence-corrected chi connectivity index (χ1v) is 7.11. The van der Waals surface area contributed by atoms with Crippen LogP contribution in [-0.2, 0) is 6.42 Å². The van der Waals surface area contributed by atoms with Crippen LogP contribution in [-0.4, -0.2) is 24.1 Å². The maximum atomic E-state index is 13.2. The van der Waals surface area contributed by atoms with Crippen molar-refractivity contribution in [2.24, 2.45) is 0 Å². The van der Waals surface area contributed by atoms with Crippen molar-refractivity contribution in [3.05, 3.63) is 35.1 Å². The average Bonchev–Trinajstić information content (AvgIpc) is 2.28. The van der Waals surface area contributed by atoms with Gasteiger partial charge in [0.15, 0.2) is 0 Å². The predicted molar refractivity (Wildman–Crippen MR) is 75.3 cm³/mol. The van der Waals surface area contributed by atoms with Gasteiger partial charge in [0, 0.05) is 11.8 Å². The summed E-state index contributed by atoms with van der Waals surface area (Å²) in [6.07, 6.45) is 0.889. The number of hydrogen-bond donors (Lipinski definition) is 1. The van der Waals surface area contributed by atoms with Crippen LogP contribution in [0.2, 0.25) is 0 Å². The monoisotopic (exact) mass is 255 g/mol. The average molecular weight is 255 g/mol. The van der Waals surface area contributed by atoms with E-state index in [2.05, 4.69) is 19.2 Å². The third kappa shape index (κ3) is 5.09. The van der Waals surface area contributed by atoms with Crippen molar-refractivity contribution < 1.29 is 4.39 Å². The highest BCUT2D eigenvalue weighted by Gasteiger charge is 2.10. The molecule has 0 amide bonds. The van der Waals surface area contributed by atoms with Crippen molar-refractivity contribution >= 4 is 11.8 Å². The van der Waals surface area contributed by atoms with Crippen molar-refractivity contribution in [2.45, 2.75) is 38.5 Å². The third-order valence-electron chi connectivity index (χ3n) is 2.82. The lowest BCUT2D eigenvalue weighted by Gasteiger charge is -2.18. The van der Waals surface area contributed by atoms with Gasteiger partial charge in [-0.05, 0) is 48.9 Å². The minimum atomic E-state index is -0.142. The second-order valence-corrected chi connectivity index (χ2v) is 6.25. The van der Waals surface area contributed by atoms with Gasteiger partial charge in [0.2, 0.25) is 0 Å². The number of benzene rings is 1. The molecule has 0 aliphatic carbocycles. The summed E-state index contributed by atoms with van der Waals surface area (Å²) in [5, 5.41) is 3.95. The number of aryl methyl sites for hydroxylation is 1. The quantitative estimate of drug-likeness (QED) is 0.836. The number of hydrogen-bond acceptors (Lipinski definition) is 2. The van der Waals surface area contributed by atoms with Crippen LogP contribution in [0.3, 0.4) is 0 Å². The molecule has 96 valence electrons. The van der Waals surface area contributed by atoms with E-state index >= 15 is 0 Å². The lowest BCUT2D eigenvalue weighted by atomic mass is 10.0. The smallest absolute Gasteiger partial charge is 0.123 e. The van der Waals surface area contributed by atoms with E-state index in [0.717, 1.165) is 17.7 Å². The number of thioether (sulfide) groups is 1. The van der Waals surface area contributed by atoms with Crippen LogP contribution in [0.15, 0.2) is 18.2 Å². The summed E-state index contributed by atoms with van der Waals surface area (Å²) in [4.78, 5) is 0. The zero-order valence-electron chi connectivity index (χ0n) is 11.1. The van der Waals surface area contributed by atoms with E-state index in [-0.39, 0.29) is 5.82 Å². The Morgan fingerprint density at radius 3 is 2.65 bits per heavy atom. The fourth-order valence-corrected chi connectivity index (χ4v) is 2.58. The molecule has 17 heavy (non-hydrogen) atoms. The minimum absolute atomic E-state index is 0.142.